The standard InChI is InChI=1S/C21H16ClN3O3/c1-12-9-17(18(28-2)10-16(12)22)25-21(27)15(11-23)20(26)19-14-6-4-3-5-13(14)7-8-24-19/h3-10,15H,1-2H3,(H,25,27). The molecule has 0 aliphatic carbocycles. The zero-order chi connectivity index (χ0) is 20.3. The van der Waals surface area contributed by atoms with E-state index in [1.54, 1.807) is 43.3 Å². The van der Waals surface area contributed by atoms with Crippen LogP contribution in [0.4, 0.5) is 5.69 Å². The molecular formula is C21H16ClN3O3. The first-order valence-electron chi connectivity index (χ1n) is 8.39. The number of Topliss-reactive ketones (excluding diaryl/α,β-unsaturated/α-hetero) is 1. The largest absolute Gasteiger partial charge is 0.495 e. The molecule has 140 valence electrons. The van der Waals surface area contributed by atoms with Crippen LogP contribution in [0.3, 0.4) is 0 Å². The number of hydrogen-bond acceptors (Lipinski definition) is 5. The van der Waals surface area contributed by atoms with Crippen molar-refractivity contribution in [1.82, 2.24) is 4.98 Å². The van der Waals surface area contributed by atoms with Crippen LogP contribution in [-0.2, 0) is 4.79 Å². The van der Waals surface area contributed by atoms with Gasteiger partial charge in [0.2, 0.25) is 11.7 Å². The molecule has 0 radical (unpaired) electrons. The first-order valence-corrected chi connectivity index (χ1v) is 8.76. The van der Waals surface area contributed by atoms with Gasteiger partial charge in [-0.2, -0.15) is 5.26 Å². The Kier molecular flexibility index (Phi) is 5.57. The average Bonchev–Trinajstić information content (AvgIpc) is 2.70. The molecule has 1 amide bonds. The molecule has 0 aliphatic rings. The second-order valence-corrected chi connectivity index (χ2v) is 6.51. The molecule has 7 heteroatoms. The Bertz CT molecular complexity index is 1120. The number of carbonyl (C=O) groups excluding carboxylic acids is 2. The molecule has 0 saturated heterocycles. The van der Waals surface area contributed by atoms with Crippen LogP contribution in [-0.4, -0.2) is 23.8 Å². The van der Waals surface area contributed by atoms with Gasteiger partial charge in [-0.1, -0.05) is 35.9 Å². The van der Waals surface area contributed by atoms with E-state index in [1.165, 1.54) is 13.3 Å². The van der Waals surface area contributed by atoms with Gasteiger partial charge in [-0.25, -0.2) is 0 Å². The third-order valence-corrected chi connectivity index (χ3v) is 4.71. The quantitative estimate of drug-likeness (QED) is 0.519. The third kappa shape index (κ3) is 3.66. The summed E-state index contributed by atoms with van der Waals surface area (Å²) in [6.07, 6.45) is 1.48. The van der Waals surface area contributed by atoms with E-state index in [1.807, 2.05) is 12.1 Å². The van der Waals surface area contributed by atoms with Gasteiger partial charge in [-0.3, -0.25) is 14.6 Å². The number of nitrogens with zero attached hydrogens (tertiary/aromatic N) is 2. The molecule has 0 spiro atoms. The normalized spacial score (nSPS) is 11.5. The van der Waals surface area contributed by atoms with Crippen molar-refractivity contribution in [2.75, 3.05) is 12.4 Å². The van der Waals surface area contributed by atoms with Crippen molar-refractivity contribution in [1.29, 1.82) is 5.26 Å². The fourth-order valence-corrected chi connectivity index (χ4v) is 2.98. The third-order valence-electron chi connectivity index (χ3n) is 4.30. The number of nitrogens with one attached hydrogen (secondary N) is 1. The monoisotopic (exact) mass is 393 g/mol. The van der Waals surface area contributed by atoms with E-state index in [9.17, 15) is 14.9 Å². The molecule has 1 atom stereocenters. The second kappa shape index (κ2) is 8.07. The molecule has 3 rings (SSSR count). The Hall–Kier alpha value is -3.43. The summed E-state index contributed by atoms with van der Waals surface area (Å²) in [7, 11) is 1.43. The molecule has 0 saturated carbocycles. The van der Waals surface area contributed by atoms with Crippen LogP contribution in [0.5, 0.6) is 5.75 Å². The lowest BCUT2D eigenvalue weighted by Crippen LogP contribution is -2.29. The van der Waals surface area contributed by atoms with Crippen LogP contribution < -0.4 is 10.1 Å². The van der Waals surface area contributed by atoms with Gasteiger partial charge in [0, 0.05) is 22.7 Å². The molecule has 1 N–H and O–H groups in total. The molecule has 1 aromatic heterocycles. The maximum atomic E-state index is 12.9. The summed E-state index contributed by atoms with van der Waals surface area (Å²) in [6.45, 7) is 1.77. The molecule has 0 aliphatic heterocycles. The minimum Gasteiger partial charge on any atom is -0.495 e. The maximum Gasteiger partial charge on any atom is 0.249 e. The van der Waals surface area contributed by atoms with Gasteiger partial charge in [0.1, 0.15) is 11.4 Å². The van der Waals surface area contributed by atoms with E-state index in [0.29, 0.717) is 27.4 Å². The van der Waals surface area contributed by atoms with Crippen molar-refractivity contribution in [3.8, 4) is 11.8 Å². The van der Waals surface area contributed by atoms with Crippen molar-refractivity contribution in [3.05, 3.63) is 64.9 Å². The average molecular weight is 394 g/mol. The number of pyridine rings is 1. The van der Waals surface area contributed by atoms with E-state index >= 15 is 0 Å². The molecule has 1 unspecified atom stereocenters. The summed E-state index contributed by atoms with van der Waals surface area (Å²) < 4.78 is 5.22. The second-order valence-electron chi connectivity index (χ2n) is 6.10. The van der Waals surface area contributed by atoms with Gasteiger partial charge >= 0.3 is 0 Å². The number of amides is 1. The van der Waals surface area contributed by atoms with Gasteiger partial charge in [-0.05, 0) is 30.0 Å². The highest BCUT2D eigenvalue weighted by molar-refractivity contribution is 6.31. The number of rotatable bonds is 5. The van der Waals surface area contributed by atoms with Crippen LogP contribution >= 0.6 is 11.6 Å². The van der Waals surface area contributed by atoms with Crippen molar-refractivity contribution >= 4 is 39.8 Å². The number of ketones is 1. The Morgan fingerprint density at radius 2 is 2.00 bits per heavy atom. The number of benzene rings is 2. The number of nitriles is 1. The Balaban J connectivity index is 1.93. The van der Waals surface area contributed by atoms with E-state index < -0.39 is 17.6 Å². The predicted molar refractivity (Wildman–Crippen MR) is 107 cm³/mol. The number of aromatic nitrogens is 1. The topological polar surface area (TPSA) is 92.1 Å². The number of aryl methyl sites for hydroxylation is 1. The Labute approximate surface area is 166 Å². The van der Waals surface area contributed by atoms with Crippen molar-refractivity contribution in [2.45, 2.75) is 6.92 Å². The zero-order valence-corrected chi connectivity index (χ0v) is 15.9. The van der Waals surface area contributed by atoms with Crippen LogP contribution in [0, 0.1) is 24.2 Å². The summed E-state index contributed by atoms with van der Waals surface area (Å²) in [6, 6.07) is 13.9. The number of methoxy groups -OCH3 is 1. The van der Waals surface area contributed by atoms with E-state index in [0.717, 1.165) is 5.39 Å². The number of anilines is 1. The van der Waals surface area contributed by atoms with Crippen LogP contribution in [0.2, 0.25) is 5.02 Å². The highest BCUT2D eigenvalue weighted by Gasteiger charge is 2.30. The Morgan fingerprint density at radius 3 is 2.71 bits per heavy atom. The first kappa shape index (κ1) is 19.3. The van der Waals surface area contributed by atoms with Gasteiger partial charge in [0.15, 0.2) is 5.92 Å². The lowest BCUT2D eigenvalue weighted by Gasteiger charge is -2.14. The molecule has 3 aromatic rings. The minimum atomic E-state index is -1.56. The molecule has 0 bridgehead atoms. The Morgan fingerprint density at radius 1 is 1.25 bits per heavy atom. The van der Waals surface area contributed by atoms with E-state index in [4.69, 9.17) is 16.3 Å². The molecule has 2 aromatic carbocycles. The molecule has 1 heterocycles. The van der Waals surface area contributed by atoms with E-state index in [2.05, 4.69) is 10.3 Å². The number of hydrogen-bond donors (Lipinski definition) is 1. The van der Waals surface area contributed by atoms with Gasteiger partial charge in [0.05, 0.1) is 18.9 Å². The number of ether oxygens (including phenoxy) is 1. The SMILES string of the molecule is COc1cc(Cl)c(C)cc1NC(=O)C(C#N)C(=O)c1nccc2ccccc12. The molecule has 6 nitrogen and oxygen atoms in total. The smallest absolute Gasteiger partial charge is 0.249 e. The van der Waals surface area contributed by atoms with Crippen LogP contribution in [0.15, 0.2) is 48.7 Å². The van der Waals surface area contributed by atoms with Crippen molar-refractivity contribution in [3.63, 3.8) is 0 Å². The van der Waals surface area contributed by atoms with Gasteiger partial charge in [-0.15, -0.1) is 0 Å². The summed E-state index contributed by atoms with van der Waals surface area (Å²) in [5.41, 5.74) is 1.13. The van der Waals surface area contributed by atoms with Gasteiger partial charge in [0.25, 0.3) is 0 Å². The van der Waals surface area contributed by atoms with Crippen molar-refractivity contribution < 1.29 is 14.3 Å². The van der Waals surface area contributed by atoms with E-state index in [-0.39, 0.29) is 5.69 Å². The zero-order valence-electron chi connectivity index (χ0n) is 15.2. The fraction of sp³-hybridized carbons (Fsp3) is 0.143. The van der Waals surface area contributed by atoms with Crippen LogP contribution in [0.25, 0.3) is 10.8 Å². The highest BCUT2D eigenvalue weighted by Crippen LogP contribution is 2.31. The lowest BCUT2D eigenvalue weighted by atomic mass is 9.98. The summed E-state index contributed by atoms with van der Waals surface area (Å²) >= 11 is 6.07. The minimum absolute atomic E-state index is 0.0825. The summed E-state index contributed by atoms with van der Waals surface area (Å²) in [5.74, 6) is -2.65. The molecule has 0 fully saturated rings. The van der Waals surface area contributed by atoms with Gasteiger partial charge < -0.3 is 10.1 Å². The lowest BCUT2D eigenvalue weighted by molar-refractivity contribution is -0.117. The van der Waals surface area contributed by atoms with Crippen molar-refractivity contribution in [2.24, 2.45) is 5.92 Å². The molecule has 28 heavy (non-hydrogen) atoms. The number of halogens is 1. The number of carbonyl (C=O) groups is 2. The van der Waals surface area contributed by atoms with Crippen LogP contribution in [0.1, 0.15) is 16.1 Å². The summed E-state index contributed by atoms with van der Waals surface area (Å²) in [5, 5.41) is 13.9. The first-order chi connectivity index (χ1) is 13.5. The summed E-state index contributed by atoms with van der Waals surface area (Å²) in [4.78, 5) is 29.7. The fourth-order valence-electron chi connectivity index (χ4n) is 2.82. The maximum absolute atomic E-state index is 12.9. The highest BCUT2D eigenvalue weighted by atomic mass is 35.5. The predicted octanol–water partition coefficient (Wildman–Crippen LogP) is 4.17. The molecular weight excluding hydrogens is 378 g/mol. The number of fused-ring (bicyclic) bond motifs is 1.